The Morgan fingerprint density at radius 3 is 2.52 bits per heavy atom. The van der Waals surface area contributed by atoms with E-state index in [2.05, 4.69) is 26.2 Å². The summed E-state index contributed by atoms with van der Waals surface area (Å²) in [5.74, 6) is 1.61. The Labute approximate surface area is 131 Å². The van der Waals surface area contributed by atoms with E-state index in [-0.39, 0.29) is 0 Å². The standard InChI is InChI=1S/C17H13BrN2O/c18-16-12-19-10-9-17(16)20-13-5-4-8-15(11-13)21-14-6-2-1-3-7-14/h1-12H,(H,19,20). The second kappa shape index (κ2) is 6.41. The average Bonchev–Trinajstić information content (AvgIpc) is 2.51. The number of rotatable bonds is 4. The summed E-state index contributed by atoms with van der Waals surface area (Å²) in [4.78, 5) is 4.05. The SMILES string of the molecule is Brc1cnccc1Nc1cccc(Oc2ccccc2)c1. The number of para-hydroxylation sites is 1. The molecule has 0 fully saturated rings. The molecule has 21 heavy (non-hydrogen) atoms. The minimum atomic E-state index is 0.788. The van der Waals surface area contributed by atoms with E-state index in [0.717, 1.165) is 27.3 Å². The quantitative estimate of drug-likeness (QED) is 0.692. The van der Waals surface area contributed by atoms with Crippen LogP contribution in [0, 0.1) is 0 Å². The van der Waals surface area contributed by atoms with Crippen molar-refractivity contribution < 1.29 is 4.74 Å². The van der Waals surface area contributed by atoms with Crippen LogP contribution in [0.1, 0.15) is 0 Å². The van der Waals surface area contributed by atoms with Crippen LogP contribution in [-0.4, -0.2) is 4.98 Å². The summed E-state index contributed by atoms with van der Waals surface area (Å²) in [5.41, 5.74) is 1.91. The Bertz CT molecular complexity index is 732. The molecular weight excluding hydrogens is 328 g/mol. The van der Waals surface area contributed by atoms with Crippen LogP contribution in [0.5, 0.6) is 11.5 Å². The minimum absolute atomic E-state index is 0.788. The molecule has 3 rings (SSSR count). The van der Waals surface area contributed by atoms with Gasteiger partial charge in [-0.15, -0.1) is 0 Å². The minimum Gasteiger partial charge on any atom is -0.457 e. The van der Waals surface area contributed by atoms with E-state index in [1.54, 1.807) is 12.4 Å². The molecule has 0 aliphatic heterocycles. The molecule has 0 unspecified atom stereocenters. The molecule has 0 amide bonds. The Balaban J connectivity index is 1.79. The number of ether oxygens (including phenoxy) is 1. The first-order chi connectivity index (χ1) is 10.3. The lowest BCUT2D eigenvalue weighted by Gasteiger charge is -2.10. The van der Waals surface area contributed by atoms with Gasteiger partial charge < -0.3 is 10.1 Å². The number of hydrogen-bond acceptors (Lipinski definition) is 3. The van der Waals surface area contributed by atoms with Crippen LogP contribution in [0.4, 0.5) is 11.4 Å². The van der Waals surface area contributed by atoms with Crippen molar-refractivity contribution in [2.45, 2.75) is 0 Å². The molecule has 0 saturated carbocycles. The first-order valence-corrected chi connectivity index (χ1v) is 7.30. The van der Waals surface area contributed by atoms with Crippen LogP contribution in [0.25, 0.3) is 0 Å². The maximum absolute atomic E-state index is 5.82. The third kappa shape index (κ3) is 3.61. The van der Waals surface area contributed by atoms with Crippen molar-refractivity contribution in [3.8, 4) is 11.5 Å². The number of halogens is 1. The van der Waals surface area contributed by atoms with Gasteiger partial charge in [0.25, 0.3) is 0 Å². The molecule has 4 heteroatoms. The molecule has 1 aromatic heterocycles. The van der Waals surface area contributed by atoms with Crippen molar-refractivity contribution in [1.29, 1.82) is 0 Å². The number of nitrogens with zero attached hydrogens (tertiary/aromatic N) is 1. The highest BCUT2D eigenvalue weighted by atomic mass is 79.9. The second-order valence-electron chi connectivity index (χ2n) is 4.42. The lowest BCUT2D eigenvalue weighted by Crippen LogP contribution is -1.92. The zero-order chi connectivity index (χ0) is 14.5. The Kier molecular flexibility index (Phi) is 4.17. The average molecular weight is 341 g/mol. The van der Waals surface area contributed by atoms with Gasteiger partial charge >= 0.3 is 0 Å². The Hall–Kier alpha value is -2.33. The number of nitrogens with one attached hydrogen (secondary N) is 1. The van der Waals surface area contributed by atoms with Crippen molar-refractivity contribution in [3.63, 3.8) is 0 Å². The second-order valence-corrected chi connectivity index (χ2v) is 5.28. The van der Waals surface area contributed by atoms with Crippen LogP contribution in [0.3, 0.4) is 0 Å². The fourth-order valence-corrected chi connectivity index (χ4v) is 2.24. The van der Waals surface area contributed by atoms with Gasteiger partial charge in [-0.3, -0.25) is 4.98 Å². The van der Waals surface area contributed by atoms with Gasteiger partial charge in [0.2, 0.25) is 0 Å². The Morgan fingerprint density at radius 2 is 1.71 bits per heavy atom. The maximum Gasteiger partial charge on any atom is 0.129 e. The zero-order valence-electron chi connectivity index (χ0n) is 11.2. The summed E-state index contributed by atoms with van der Waals surface area (Å²) in [6, 6.07) is 19.5. The fourth-order valence-electron chi connectivity index (χ4n) is 1.89. The highest BCUT2D eigenvalue weighted by Crippen LogP contribution is 2.28. The van der Waals surface area contributed by atoms with E-state index in [9.17, 15) is 0 Å². The van der Waals surface area contributed by atoms with Crippen LogP contribution < -0.4 is 10.1 Å². The largest absolute Gasteiger partial charge is 0.457 e. The molecular formula is C17H13BrN2O. The molecule has 0 spiro atoms. The smallest absolute Gasteiger partial charge is 0.129 e. The summed E-state index contributed by atoms with van der Waals surface area (Å²) in [6.45, 7) is 0. The van der Waals surface area contributed by atoms with E-state index in [4.69, 9.17) is 4.74 Å². The maximum atomic E-state index is 5.82. The number of aromatic nitrogens is 1. The number of anilines is 2. The zero-order valence-corrected chi connectivity index (χ0v) is 12.7. The lowest BCUT2D eigenvalue weighted by atomic mass is 10.2. The summed E-state index contributed by atoms with van der Waals surface area (Å²) >= 11 is 3.47. The van der Waals surface area contributed by atoms with Gasteiger partial charge in [0, 0.05) is 24.1 Å². The van der Waals surface area contributed by atoms with Gasteiger partial charge in [-0.25, -0.2) is 0 Å². The highest BCUT2D eigenvalue weighted by molar-refractivity contribution is 9.10. The van der Waals surface area contributed by atoms with E-state index in [1.165, 1.54) is 0 Å². The number of pyridine rings is 1. The first kappa shape index (κ1) is 13.6. The molecule has 0 aliphatic rings. The molecule has 3 aromatic rings. The highest BCUT2D eigenvalue weighted by Gasteiger charge is 2.02. The fraction of sp³-hybridized carbons (Fsp3) is 0. The Morgan fingerprint density at radius 1 is 0.905 bits per heavy atom. The third-order valence-corrected chi connectivity index (χ3v) is 3.50. The molecule has 0 bridgehead atoms. The third-order valence-electron chi connectivity index (χ3n) is 2.86. The van der Waals surface area contributed by atoms with Crippen LogP contribution in [-0.2, 0) is 0 Å². The van der Waals surface area contributed by atoms with E-state index < -0.39 is 0 Å². The van der Waals surface area contributed by atoms with E-state index in [0.29, 0.717) is 0 Å². The van der Waals surface area contributed by atoms with Gasteiger partial charge in [0.15, 0.2) is 0 Å². The van der Waals surface area contributed by atoms with Gasteiger partial charge in [0.05, 0.1) is 10.2 Å². The van der Waals surface area contributed by atoms with Gasteiger partial charge in [-0.1, -0.05) is 24.3 Å². The molecule has 2 aromatic carbocycles. The molecule has 104 valence electrons. The van der Waals surface area contributed by atoms with Crippen LogP contribution in [0.2, 0.25) is 0 Å². The van der Waals surface area contributed by atoms with Gasteiger partial charge in [-0.05, 0) is 46.3 Å². The van der Waals surface area contributed by atoms with Crippen LogP contribution in [0.15, 0.2) is 77.5 Å². The molecule has 1 heterocycles. The van der Waals surface area contributed by atoms with Crippen molar-refractivity contribution in [1.82, 2.24) is 4.98 Å². The summed E-state index contributed by atoms with van der Waals surface area (Å²) < 4.78 is 6.74. The summed E-state index contributed by atoms with van der Waals surface area (Å²) in [6.07, 6.45) is 3.50. The van der Waals surface area contributed by atoms with E-state index >= 15 is 0 Å². The molecule has 0 aliphatic carbocycles. The lowest BCUT2D eigenvalue weighted by molar-refractivity contribution is 0.483. The normalized spacial score (nSPS) is 10.1. The summed E-state index contributed by atoms with van der Waals surface area (Å²) in [7, 11) is 0. The van der Waals surface area contributed by atoms with E-state index in [1.807, 2.05) is 60.7 Å². The first-order valence-electron chi connectivity index (χ1n) is 6.51. The number of hydrogen-bond donors (Lipinski definition) is 1. The predicted octanol–water partition coefficient (Wildman–Crippen LogP) is 5.38. The van der Waals surface area contributed by atoms with Crippen molar-refractivity contribution in [2.24, 2.45) is 0 Å². The number of benzene rings is 2. The molecule has 0 radical (unpaired) electrons. The van der Waals surface area contributed by atoms with Gasteiger partial charge in [0.1, 0.15) is 11.5 Å². The topological polar surface area (TPSA) is 34.2 Å². The molecule has 1 N–H and O–H groups in total. The summed E-state index contributed by atoms with van der Waals surface area (Å²) in [5, 5.41) is 3.33. The molecule has 0 atom stereocenters. The monoisotopic (exact) mass is 340 g/mol. The molecule has 0 saturated heterocycles. The van der Waals surface area contributed by atoms with Crippen LogP contribution >= 0.6 is 15.9 Å². The predicted molar refractivity (Wildman–Crippen MR) is 88.2 cm³/mol. The van der Waals surface area contributed by atoms with Crippen molar-refractivity contribution in [3.05, 3.63) is 77.5 Å². The van der Waals surface area contributed by atoms with Crippen molar-refractivity contribution in [2.75, 3.05) is 5.32 Å². The van der Waals surface area contributed by atoms with Crippen molar-refractivity contribution >= 4 is 27.3 Å². The molecule has 3 nitrogen and oxygen atoms in total. The van der Waals surface area contributed by atoms with Gasteiger partial charge in [-0.2, -0.15) is 0 Å².